The minimum Gasteiger partial charge on any atom is -0.463 e. The van der Waals surface area contributed by atoms with Gasteiger partial charge in [-0.25, -0.2) is 0 Å². The molecule has 0 aromatic heterocycles. The van der Waals surface area contributed by atoms with E-state index in [1.165, 1.54) is 0 Å². The standard InChI is InChI=1S/C36H51N3O7/c1-4-7-13-22-38(21-6-3)35(44)32-36-20-19-28(46-36)30(31(36)34(43)39(32)23-14-10-15-24-40)33(42)37-27(26-16-11-9-12-17-26)25-45-29(41)18-8-5-2/h5-6,9,11-12,16-17,27-28,30-32,40H,2-4,7-8,10,13-15,18-25H2,1H3,(H,37,42)/t27-,28-,30+,31+,32-,36+/m0/s1. The lowest BCUT2D eigenvalue weighted by atomic mass is 9.70. The Balaban J connectivity index is 1.60. The lowest BCUT2D eigenvalue weighted by Crippen LogP contribution is -2.56. The molecule has 46 heavy (non-hydrogen) atoms. The number of carbonyl (C=O) groups excluding carboxylic acids is 4. The number of esters is 1. The van der Waals surface area contributed by atoms with Gasteiger partial charge in [0, 0.05) is 32.7 Å². The Morgan fingerprint density at radius 1 is 1.15 bits per heavy atom. The number of likely N-dealkylation sites (tertiary alicyclic amines) is 1. The summed E-state index contributed by atoms with van der Waals surface area (Å²) in [5.41, 5.74) is -0.323. The van der Waals surface area contributed by atoms with Gasteiger partial charge in [-0.1, -0.05) is 62.2 Å². The van der Waals surface area contributed by atoms with Crippen molar-refractivity contribution in [3.63, 3.8) is 0 Å². The molecule has 0 aliphatic carbocycles. The van der Waals surface area contributed by atoms with Crippen molar-refractivity contribution in [1.82, 2.24) is 15.1 Å². The van der Waals surface area contributed by atoms with E-state index in [2.05, 4.69) is 25.4 Å². The highest BCUT2D eigenvalue weighted by Gasteiger charge is 2.74. The molecule has 3 heterocycles. The van der Waals surface area contributed by atoms with E-state index in [0.717, 1.165) is 24.8 Å². The number of amides is 3. The molecule has 252 valence electrons. The SMILES string of the molecule is C=CCCC(=O)OC[C@H](NC(=O)[C@@H]1[C@@H]2CC[C@]3(O2)[C@H](C(=O)N(CC=C)CCCCC)N(CCCCCO)C(=O)[C@@H]13)c1ccccc1. The fraction of sp³-hybridized carbons (Fsp3) is 0.611. The van der Waals surface area contributed by atoms with Gasteiger partial charge in [0.25, 0.3) is 0 Å². The number of ether oxygens (including phenoxy) is 2. The van der Waals surface area contributed by atoms with E-state index in [1.807, 2.05) is 30.3 Å². The third kappa shape index (κ3) is 7.72. The van der Waals surface area contributed by atoms with Crippen LogP contribution in [0.5, 0.6) is 0 Å². The van der Waals surface area contributed by atoms with Crippen LogP contribution in [0.3, 0.4) is 0 Å². The summed E-state index contributed by atoms with van der Waals surface area (Å²) in [5.74, 6) is -2.71. The summed E-state index contributed by atoms with van der Waals surface area (Å²) in [6.45, 7) is 10.9. The van der Waals surface area contributed by atoms with E-state index in [4.69, 9.17) is 9.47 Å². The lowest BCUT2D eigenvalue weighted by Gasteiger charge is -2.37. The smallest absolute Gasteiger partial charge is 0.306 e. The quantitative estimate of drug-likeness (QED) is 0.125. The molecule has 3 fully saturated rings. The maximum atomic E-state index is 14.4. The fourth-order valence-corrected chi connectivity index (χ4v) is 7.36. The molecular weight excluding hydrogens is 586 g/mol. The first-order chi connectivity index (χ1) is 22.3. The number of nitrogens with one attached hydrogen (secondary N) is 1. The summed E-state index contributed by atoms with van der Waals surface area (Å²) in [4.78, 5) is 58.6. The van der Waals surface area contributed by atoms with Gasteiger partial charge in [0.2, 0.25) is 17.7 Å². The zero-order chi connectivity index (χ0) is 33.1. The molecule has 0 radical (unpaired) electrons. The van der Waals surface area contributed by atoms with Gasteiger partial charge in [0.05, 0.1) is 24.0 Å². The third-order valence-electron chi connectivity index (χ3n) is 9.57. The summed E-state index contributed by atoms with van der Waals surface area (Å²) in [6, 6.07) is 7.83. The molecule has 0 unspecified atom stereocenters. The van der Waals surface area contributed by atoms with E-state index in [9.17, 15) is 24.3 Å². The molecule has 6 atom stereocenters. The van der Waals surface area contributed by atoms with Crippen LogP contribution in [0.15, 0.2) is 55.6 Å². The van der Waals surface area contributed by atoms with Crippen LogP contribution in [0.1, 0.15) is 82.7 Å². The van der Waals surface area contributed by atoms with E-state index in [-0.39, 0.29) is 43.3 Å². The van der Waals surface area contributed by atoms with Crippen LogP contribution in [-0.2, 0) is 28.7 Å². The number of carbonyl (C=O) groups is 4. The van der Waals surface area contributed by atoms with Crippen LogP contribution >= 0.6 is 0 Å². The van der Waals surface area contributed by atoms with Gasteiger partial charge in [0.15, 0.2) is 0 Å². The van der Waals surface area contributed by atoms with Crippen LogP contribution in [0.4, 0.5) is 0 Å². The van der Waals surface area contributed by atoms with Crippen molar-refractivity contribution < 1.29 is 33.8 Å². The molecule has 3 amide bonds. The first-order valence-electron chi connectivity index (χ1n) is 16.9. The molecule has 1 aromatic carbocycles. The van der Waals surface area contributed by atoms with Gasteiger partial charge in [-0.2, -0.15) is 0 Å². The zero-order valence-corrected chi connectivity index (χ0v) is 27.2. The van der Waals surface area contributed by atoms with Gasteiger partial charge >= 0.3 is 5.97 Å². The molecule has 10 heteroatoms. The minimum atomic E-state index is -1.10. The Bertz CT molecular complexity index is 1220. The Morgan fingerprint density at radius 2 is 1.93 bits per heavy atom. The van der Waals surface area contributed by atoms with E-state index in [1.54, 1.807) is 22.0 Å². The average molecular weight is 638 g/mol. The summed E-state index contributed by atoms with van der Waals surface area (Å²) >= 11 is 0. The molecule has 3 saturated heterocycles. The fourth-order valence-electron chi connectivity index (χ4n) is 7.36. The summed E-state index contributed by atoms with van der Waals surface area (Å²) in [5, 5.41) is 12.4. The van der Waals surface area contributed by atoms with E-state index < -0.39 is 35.6 Å². The number of unbranched alkanes of at least 4 members (excludes halogenated alkanes) is 4. The first kappa shape index (κ1) is 35.4. The summed E-state index contributed by atoms with van der Waals surface area (Å²) in [7, 11) is 0. The van der Waals surface area contributed by atoms with Gasteiger partial charge < -0.3 is 29.7 Å². The monoisotopic (exact) mass is 637 g/mol. The third-order valence-corrected chi connectivity index (χ3v) is 9.57. The minimum absolute atomic E-state index is 0.0555. The van der Waals surface area contributed by atoms with Crippen molar-refractivity contribution >= 4 is 23.7 Å². The molecular formula is C36H51N3O7. The second kappa shape index (κ2) is 16.9. The maximum absolute atomic E-state index is 14.4. The Labute approximate surface area is 273 Å². The van der Waals surface area contributed by atoms with Crippen LogP contribution in [0, 0.1) is 11.8 Å². The molecule has 10 nitrogen and oxygen atoms in total. The predicted molar refractivity (Wildman–Crippen MR) is 174 cm³/mol. The maximum Gasteiger partial charge on any atom is 0.306 e. The second-order valence-corrected chi connectivity index (χ2v) is 12.6. The highest BCUT2D eigenvalue weighted by atomic mass is 16.5. The van der Waals surface area contributed by atoms with E-state index in [0.29, 0.717) is 58.2 Å². The highest BCUT2D eigenvalue weighted by molar-refractivity contribution is 5.99. The van der Waals surface area contributed by atoms with Crippen LogP contribution in [0.2, 0.25) is 0 Å². The van der Waals surface area contributed by atoms with Gasteiger partial charge in [-0.05, 0) is 50.5 Å². The van der Waals surface area contributed by atoms with Crippen molar-refractivity contribution in [3.8, 4) is 0 Å². The largest absolute Gasteiger partial charge is 0.463 e. The van der Waals surface area contributed by atoms with Crippen LogP contribution in [0.25, 0.3) is 0 Å². The van der Waals surface area contributed by atoms with Crippen molar-refractivity contribution in [2.24, 2.45) is 11.8 Å². The molecule has 3 aliphatic rings. The highest BCUT2D eigenvalue weighted by Crippen LogP contribution is 2.58. The summed E-state index contributed by atoms with van der Waals surface area (Å²) < 4.78 is 12.2. The van der Waals surface area contributed by atoms with Crippen LogP contribution < -0.4 is 5.32 Å². The number of hydrogen-bond acceptors (Lipinski definition) is 7. The van der Waals surface area contributed by atoms with Gasteiger partial charge in [-0.3, -0.25) is 19.2 Å². The number of nitrogens with zero attached hydrogens (tertiary/aromatic N) is 2. The molecule has 3 aliphatic heterocycles. The first-order valence-corrected chi connectivity index (χ1v) is 16.9. The molecule has 0 saturated carbocycles. The van der Waals surface area contributed by atoms with Crippen molar-refractivity contribution in [3.05, 3.63) is 61.2 Å². The van der Waals surface area contributed by atoms with Crippen LogP contribution in [-0.4, -0.2) is 89.2 Å². The molecule has 1 spiro atoms. The van der Waals surface area contributed by atoms with Crippen molar-refractivity contribution in [2.75, 3.05) is 32.8 Å². The topological polar surface area (TPSA) is 125 Å². The number of benzene rings is 1. The second-order valence-electron chi connectivity index (χ2n) is 12.6. The molecule has 2 bridgehead atoms. The predicted octanol–water partition coefficient (Wildman–Crippen LogP) is 4.10. The van der Waals surface area contributed by atoms with Crippen molar-refractivity contribution in [1.29, 1.82) is 0 Å². The Kier molecular flexibility index (Phi) is 13.0. The normalized spacial score (nSPS) is 25.2. The number of aliphatic hydroxyl groups excluding tert-OH is 1. The number of hydrogen-bond donors (Lipinski definition) is 2. The van der Waals surface area contributed by atoms with E-state index >= 15 is 0 Å². The summed E-state index contributed by atoms with van der Waals surface area (Å²) in [6.07, 6.45) is 9.42. The number of aliphatic hydroxyl groups is 1. The van der Waals surface area contributed by atoms with Gasteiger partial charge in [0.1, 0.15) is 18.2 Å². The van der Waals surface area contributed by atoms with Gasteiger partial charge in [-0.15, -0.1) is 13.2 Å². The lowest BCUT2D eigenvalue weighted by molar-refractivity contribution is -0.148. The zero-order valence-electron chi connectivity index (χ0n) is 27.2. The number of allylic oxidation sites excluding steroid dienone is 1. The Morgan fingerprint density at radius 3 is 2.63 bits per heavy atom. The Hall–Kier alpha value is -3.50. The molecule has 2 N–H and O–H groups in total. The average Bonchev–Trinajstić information content (AvgIpc) is 3.71. The number of rotatable bonds is 20. The number of fused-ring (bicyclic) bond motifs is 1. The molecule has 1 aromatic rings. The molecule has 4 rings (SSSR count). The van der Waals surface area contributed by atoms with Crippen molar-refractivity contribution in [2.45, 2.75) is 94.9 Å².